The summed E-state index contributed by atoms with van der Waals surface area (Å²) in [6.07, 6.45) is 0. The van der Waals surface area contributed by atoms with Gasteiger partial charge in [-0.15, -0.1) is 0 Å². The topological polar surface area (TPSA) is 45.6 Å². The molecule has 0 saturated carbocycles. The van der Waals surface area contributed by atoms with Crippen LogP contribution in [-0.2, 0) is 11.3 Å². The summed E-state index contributed by atoms with van der Waals surface area (Å²) in [5.41, 5.74) is 2.52. The van der Waals surface area contributed by atoms with Crippen LogP contribution in [0.5, 0.6) is 0 Å². The van der Waals surface area contributed by atoms with E-state index in [4.69, 9.17) is 4.74 Å². The van der Waals surface area contributed by atoms with Gasteiger partial charge in [-0.3, -0.25) is 4.99 Å². The van der Waals surface area contributed by atoms with Crippen molar-refractivity contribution in [2.24, 2.45) is 4.99 Å². The number of nitrogens with one attached hydrogen (secondary N) is 2. The van der Waals surface area contributed by atoms with Gasteiger partial charge in [0.2, 0.25) is 0 Å². The predicted molar refractivity (Wildman–Crippen MR) is 83.6 cm³/mol. The lowest BCUT2D eigenvalue weighted by molar-refractivity contribution is 0.152. The van der Waals surface area contributed by atoms with Crippen LogP contribution in [0.4, 0.5) is 0 Å². The van der Waals surface area contributed by atoms with Gasteiger partial charge < -0.3 is 15.4 Å². The number of hydrogen-bond donors (Lipinski definition) is 2. The largest absolute Gasteiger partial charge is 0.380 e. The molecule has 0 amide bonds. The van der Waals surface area contributed by atoms with Crippen molar-refractivity contribution in [2.75, 3.05) is 26.8 Å². The standard InChI is InChI=1S/C14H22BrN3O/c1-4-19-8-7-17-14(16-3)18-10-12-5-6-13(15)9-11(12)2/h5-6,9H,4,7-8,10H2,1-3H3,(H2,16,17,18). The Morgan fingerprint density at radius 3 is 2.79 bits per heavy atom. The fraction of sp³-hybridized carbons (Fsp3) is 0.500. The van der Waals surface area contributed by atoms with E-state index in [0.717, 1.165) is 30.1 Å². The summed E-state index contributed by atoms with van der Waals surface area (Å²) >= 11 is 3.47. The van der Waals surface area contributed by atoms with E-state index in [1.54, 1.807) is 7.05 Å². The van der Waals surface area contributed by atoms with Gasteiger partial charge in [0.05, 0.1) is 6.61 Å². The molecule has 0 heterocycles. The van der Waals surface area contributed by atoms with E-state index in [-0.39, 0.29) is 0 Å². The number of rotatable bonds is 6. The molecular weight excluding hydrogens is 306 g/mol. The maximum absolute atomic E-state index is 5.27. The highest BCUT2D eigenvalue weighted by atomic mass is 79.9. The van der Waals surface area contributed by atoms with E-state index in [1.807, 2.05) is 6.92 Å². The van der Waals surface area contributed by atoms with Crippen molar-refractivity contribution in [1.82, 2.24) is 10.6 Å². The number of halogens is 1. The molecule has 0 spiro atoms. The summed E-state index contributed by atoms with van der Waals surface area (Å²) in [5, 5.41) is 6.50. The first-order chi connectivity index (χ1) is 9.17. The lowest BCUT2D eigenvalue weighted by Gasteiger charge is -2.13. The number of nitrogens with zero attached hydrogens (tertiary/aromatic N) is 1. The second kappa shape index (κ2) is 8.93. The van der Waals surface area contributed by atoms with Crippen LogP contribution in [0.25, 0.3) is 0 Å². The summed E-state index contributed by atoms with van der Waals surface area (Å²) in [5.74, 6) is 0.794. The fourth-order valence-electron chi connectivity index (χ4n) is 1.64. The van der Waals surface area contributed by atoms with Crippen molar-refractivity contribution in [1.29, 1.82) is 0 Å². The average Bonchev–Trinajstić information content (AvgIpc) is 2.40. The highest BCUT2D eigenvalue weighted by molar-refractivity contribution is 9.10. The Labute approximate surface area is 123 Å². The van der Waals surface area contributed by atoms with Gasteiger partial charge in [-0.05, 0) is 37.1 Å². The van der Waals surface area contributed by atoms with Gasteiger partial charge in [0.1, 0.15) is 0 Å². The summed E-state index contributed by atoms with van der Waals surface area (Å²) in [6.45, 7) is 7.04. The Hall–Kier alpha value is -1.07. The normalized spacial score (nSPS) is 11.5. The molecule has 19 heavy (non-hydrogen) atoms. The van der Waals surface area contributed by atoms with Gasteiger partial charge in [0.15, 0.2) is 5.96 Å². The van der Waals surface area contributed by atoms with E-state index in [1.165, 1.54) is 11.1 Å². The lowest BCUT2D eigenvalue weighted by atomic mass is 10.1. The minimum atomic E-state index is 0.689. The summed E-state index contributed by atoms with van der Waals surface area (Å²) in [6, 6.07) is 6.28. The predicted octanol–water partition coefficient (Wildman–Crippen LogP) is 2.46. The first-order valence-corrected chi connectivity index (χ1v) is 7.24. The molecule has 5 heteroatoms. The Kier molecular flexibility index (Phi) is 7.52. The Bertz CT molecular complexity index is 421. The van der Waals surface area contributed by atoms with Gasteiger partial charge in [-0.25, -0.2) is 0 Å². The van der Waals surface area contributed by atoms with Crippen LogP contribution < -0.4 is 10.6 Å². The molecule has 1 aromatic rings. The molecular formula is C14H22BrN3O. The molecule has 1 rings (SSSR count). The highest BCUT2D eigenvalue weighted by Crippen LogP contribution is 2.15. The van der Waals surface area contributed by atoms with E-state index < -0.39 is 0 Å². The SMILES string of the molecule is CCOCCNC(=NC)NCc1ccc(Br)cc1C. The summed E-state index contributed by atoms with van der Waals surface area (Å²) in [4.78, 5) is 4.18. The molecule has 0 aliphatic heterocycles. The maximum atomic E-state index is 5.27. The Morgan fingerprint density at radius 1 is 1.37 bits per heavy atom. The van der Waals surface area contributed by atoms with E-state index >= 15 is 0 Å². The Morgan fingerprint density at radius 2 is 2.16 bits per heavy atom. The van der Waals surface area contributed by atoms with Gasteiger partial charge in [0, 0.05) is 31.2 Å². The van der Waals surface area contributed by atoms with Gasteiger partial charge in [-0.1, -0.05) is 22.0 Å². The summed E-state index contributed by atoms with van der Waals surface area (Å²) in [7, 11) is 1.77. The second-order valence-electron chi connectivity index (χ2n) is 4.12. The van der Waals surface area contributed by atoms with E-state index in [2.05, 4.69) is 56.7 Å². The average molecular weight is 328 g/mol. The molecule has 0 atom stereocenters. The number of benzene rings is 1. The third-order valence-electron chi connectivity index (χ3n) is 2.72. The van der Waals surface area contributed by atoms with Crippen LogP contribution >= 0.6 is 15.9 Å². The first-order valence-electron chi connectivity index (χ1n) is 6.44. The zero-order valence-corrected chi connectivity index (χ0v) is 13.4. The molecule has 2 N–H and O–H groups in total. The van der Waals surface area contributed by atoms with Crippen molar-refractivity contribution in [3.8, 4) is 0 Å². The van der Waals surface area contributed by atoms with Gasteiger partial charge in [-0.2, -0.15) is 0 Å². The van der Waals surface area contributed by atoms with E-state index in [9.17, 15) is 0 Å². The number of ether oxygens (including phenoxy) is 1. The molecule has 0 bridgehead atoms. The third-order valence-corrected chi connectivity index (χ3v) is 3.21. The van der Waals surface area contributed by atoms with Crippen LogP contribution in [0.1, 0.15) is 18.1 Å². The number of hydrogen-bond acceptors (Lipinski definition) is 2. The van der Waals surface area contributed by atoms with Crippen molar-refractivity contribution in [3.63, 3.8) is 0 Å². The molecule has 0 aliphatic rings. The lowest BCUT2D eigenvalue weighted by Crippen LogP contribution is -2.38. The maximum Gasteiger partial charge on any atom is 0.191 e. The van der Waals surface area contributed by atoms with Gasteiger partial charge >= 0.3 is 0 Å². The summed E-state index contributed by atoms with van der Waals surface area (Å²) < 4.78 is 6.38. The van der Waals surface area contributed by atoms with Crippen molar-refractivity contribution >= 4 is 21.9 Å². The minimum absolute atomic E-state index is 0.689. The van der Waals surface area contributed by atoms with Crippen LogP contribution in [0.15, 0.2) is 27.7 Å². The second-order valence-corrected chi connectivity index (χ2v) is 5.04. The molecule has 0 aliphatic carbocycles. The number of aryl methyl sites for hydroxylation is 1. The smallest absolute Gasteiger partial charge is 0.191 e. The molecule has 0 fully saturated rings. The van der Waals surface area contributed by atoms with Crippen LogP contribution in [0.3, 0.4) is 0 Å². The quantitative estimate of drug-likeness (QED) is 0.479. The van der Waals surface area contributed by atoms with Crippen LogP contribution in [-0.4, -0.2) is 32.8 Å². The third kappa shape index (κ3) is 6.07. The molecule has 0 saturated heterocycles. The molecule has 106 valence electrons. The fourth-order valence-corrected chi connectivity index (χ4v) is 2.12. The Balaban J connectivity index is 2.40. The minimum Gasteiger partial charge on any atom is -0.380 e. The molecule has 4 nitrogen and oxygen atoms in total. The van der Waals surface area contributed by atoms with Gasteiger partial charge in [0.25, 0.3) is 0 Å². The van der Waals surface area contributed by atoms with Crippen LogP contribution in [0, 0.1) is 6.92 Å². The van der Waals surface area contributed by atoms with Crippen molar-refractivity contribution < 1.29 is 4.74 Å². The van der Waals surface area contributed by atoms with Crippen LogP contribution in [0.2, 0.25) is 0 Å². The monoisotopic (exact) mass is 327 g/mol. The molecule has 0 aromatic heterocycles. The first kappa shape index (κ1) is 16.0. The zero-order chi connectivity index (χ0) is 14.1. The van der Waals surface area contributed by atoms with E-state index in [0.29, 0.717) is 6.61 Å². The number of guanidine groups is 1. The van der Waals surface area contributed by atoms with Crippen molar-refractivity contribution in [3.05, 3.63) is 33.8 Å². The molecule has 0 radical (unpaired) electrons. The van der Waals surface area contributed by atoms with Crippen molar-refractivity contribution in [2.45, 2.75) is 20.4 Å². The zero-order valence-electron chi connectivity index (χ0n) is 11.8. The highest BCUT2D eigenvalue weighted by Gasteiger charge is 2.01. The number of aliphatic imine (C=N–C) groups is 1. The molecule has 1 aromatic carbocycles. The molecule has 0 unspecified atom stereocenters.